The lowest BCUT2D eigenvalue weighted by atomic mass is 10.1. The molecule has 0 amide bonds. The van der Waals surface area contributed by atoms with Gasteiger partial charge in [-0.3, -0.25) is 4.98 Å². The molecule has 27 heavy (non-hydrogen) atoms. The van der Waals surface area contributed by atoms with Crippen LogP contribution in [0.1, 0.15) is 5.56 Å². The summed E-state index contributed by atoms with van der Waals surface area (Å²) in [6, 6.07) is 11.9. The quantitative estimate of drug-likeness (QED) is 0.409. The van der Waals surface area contributed by atoms with E-state index < -0.39 is 0 Å². The molecule has 0 spiro atoms. The molecule has 0 aliphatic carbocycles. The third-order valence-electron chi connectivity index (χ3n) is 4.36. The molecule has 0 aliphatic heterocycles. The topological polar surface area (TPSA) is 99.8 Å². The molecule has 0 aliphatic rings. The van der Waals surface area contributed by atoms with E-state index in [1.807, 2.05) is 39.5 Å². The molecule has 5 rings (SSSR count). The summed E-state index contributed by atoms with van der Waals surface area (Å²) in [7, 11) is 0. The van der Waals surface area contributed by atoms with Crippen LogP contribution < -0.4 is 5.73 Å². The summed E-state index contributed by atoms with van der Waals surface area (Å²) in [5.74, 6) is 0.435. The van der Waals surface area contributed by atoms with Gasteiger partial charge in [0.1, 0.15) is 15.8 Å². The van der Waals surface area contributed by atoms with Crippen LogP contribution in [0.15, 0.2) is 55.1 Å². The summed E-state index contributed by atoms with van der Waals surface area (Å²) < 4.78 is 4.52. The zero-order chi connectivity index (χ0) is 18.4. The van der Waals surface area contributed by atoms with Gasteiger partial charge in [-0.2, -0.15) is 10.2 Å². The number of aromatic nitrogens is 7. The molecule has 132 valence electrons. The molecule has 5 heterocycles. The number of nitrogens with zero attached hydrogens (tertiary/aromatic N) is 7. The standard InChI is InChI=1S/C18H13IN8/c19-16-14-17(20)22-10-23-18(14)26(25-16)9-11-8-12-4-3-7-24-27(12)15(11)13-5-1-2-6-21-13/h1-8,10H,9H2,(H2,20,22,23). The Kier molecular flexibility index (Phi) is 3.74. The molecule has 0 bridgehead atoms. The predicted molar refractivity (Wildman–Crippen MR) is 110 cm³/mol. The minimum Gasteiger partial charge on any atom is -0.383 e. The number of nitrogen functional groups attached to an aromatic ring is 1. The molecule has 0 atom stereocenters. The van der Waals surface area contributed by atoms with Crippen LogP contribution in [-0.2, 0) is 6.54 Å². The van der Waals surface area contributed by atoms with Gasteiger partial charge in [0.25, 0.3) is 0 Å². The highest BCUT2D eigenvalue weighted by Gasteiger charge is 2.18. The molecule has 8 nitrogen and oxygen atoms in total. The summed E-state index contributed by atoms with van der Waals surface area (Å²) in [5, 5.41) is 9.90. The van der Waals surface area contributed by atoms with E-state index in [0.29, 0.717) is 18.0 Å². The highest BCUT2D eigenvalue weighted by molar-refractivity contribution is 14.1. The molecule has 9 heteroatoms. The molecular weight excluding hydrogens is 455 g/mol. The number of hydrogen-bond acceptors (Lipinski definition) is 6. The fourth-order valence-electron chi connectivity index (χ4n) is 3.22. The first-order valence-electron chi connectivity index (χ1n) is 8.22. The first-order valence-corrected chi connectivity index (χ1v) is 9.30. The molecule has 0 aromatic carbocycles. The van der Waals surface area contributed by atoms with Gasteiger partial charge in [0.2, 0.25) is 0 Å². The number of halogens is 1. The van der Waals surface area contributed by atoms with Gasteiger partial charge in [-0.1, -0.05) is 6.07 Å². The van der Waals surface area contributed by atoms with Crippen molar-refractivity contribution in [3.05, 3.63) is 64.4 Å². The van der Waals surface area contributed by atoms with Crippen LogP contribution in [0.3, 0.4) is 0 Å². The summed E-state index contributed by atoms with van der Waals surface area (Å²) in [4.78, 5) is 13.0. The Labute approximate surface area is 167 Å². The number of anilines is 1. The molecule has 0 saturated carbocycles. The second-order valence-electron chi connectivity index (χ2n) is 6.00. The van der Waals surface area contributed by atoms with Gasteiger partial charge in [0.05, 0.1) is 28.8 Å². The van der Waals surface area contributed by atoms with Gasteiger partial charge in [0.15, 0.2) is 5.65 Å². The van der Waals surface area contributed by atoms with Crippen LogP contribution in [0.5, 0.6) is 0 Å². The number of fused-ring (bicyclic) bond motifs is 2. The largest absolute Gasteiger partial charge is 0.383 e. The van der Waals surface area contributed by atoms with Crippen molar-refractivity contribution in [1.29, 1.82) is 0 Å². The van der Waals surface area contributed by atoms with Crippen molar-refractivity contribution in [3.63, 3.8) is 0 Å². The van der Waals surface area contributed by atoms with Gasteiger partial charge in [-0.25, -0.2) is 19.2 Å². The summed E-state index contributed by atoms with van der Waals surface area (Å²) in [6.07, 6.45) is 5.01. The molecule has 5 aromatic heterocycles. The monoisotopic (exact) mass is 468 g/mol. The maximum absolute atomic E-state index is 6.01. The van der Waals surface area contributed by atoms with Gasteiger partial charge in [-0.15, -0.1) is 0 Å². The highest BCUT2D eigenvalue weighted by atomic mass is 127. The van der Waals surface area contributed by atoms with E-state index in [-0.39, 0.29) is 0 Å². The fraction of sp³-hybridized carbons (Fsp3) is 0.0556. The SMILES string of the molecule is Nc1ncnc2c1c(I)nn2Cc1cc2cccnn2c1-c1ccccn1. The van der Waals surface area contributed by atoms with Crippen molar-refractivity contribution in [1.82, 2.24) is 34.3 Å². The smallest absolute Gasteiger partial charge is 0.164 e. The van der Waals surface area contributed by atoms with Crippen LogP contribution in [0.4, 0.5) is 5.82 Å². The highest BCUT2D eigenvalue weighted by Crippen LogP contribution is 2.28. The minimum absolute atomic E-state index is 0.435. The average Bonchev–Trinajstić information content (AvgIpc) is 3.21. The maximum Gasteiger partial charge on any atom is 0.164 e. The lowest BCUT2D eigenvalue weighted by Gasteiger charge is -2.06. The van der Waals surface area contributed by atoms with E-state index in [4.69, 9.17) is 5.73 Å². The second kappa shape index (κ2) is 6.27. The van der Waals surface area contributed by atoms with Crippen LogP contribution in [-0.4, -0.2) is 34.3 Å². The molecule has 5 aromatic rings. The molecule has 0 unspecified atom stereocenters. The van der Waals surface area contributed by atoms with Crippen LogP contribution >= 0.6 is 22.6 Å². The Morgan fingerprint density at radius 1 is 1.04 bits per heavy atom. The Bertz CT molecular complexity index is 1280. The minimum atomic E-state index is 0.435. The lowest BCUT2D eigenvalue weighted by Crippen LogP contribution is -2.05. The van der Waals surface area contributed by atoms with E-state index in [2.05, 4.69) is 53.8 Å². The maximum atomic E-state index is 6.01. The van der Waals surface area contributed by atoms with Crippen molar-refractivity contribution in [2.45, 2.75) is 6.54 Å². The van der Waals surface area contributed by atoms with E-state index in [9.17, 15) is 0 Å². The zero-order valence-corrected chi connectivity index (χ0v) is 16.1. The molecule has 2 N–H and O–H groups in total. The Morgan fingerprint density at radius 3 is 2.81 bits per heavy atom. The van der Waals surface area contributed by atoms with Gasteiger partial charge >= 0.3 is 0 Å². The van der Waals surface area contributed by atoms with E-state index >= 15 is 0 Å². The number of hydrogen-bond donors (Lipinski definition) is 1. The Morgan fingerprint density at radius 2 is 1.96 bits per heavy atom. The molecule has 0 radical (unpaired) electrons. The molecular formula is C18H13IN8. The average molecular weight is 468 g/mol. The fourth-order valence-corrected chi connectivity index (χ4v) is 4.00. The van der Waals surface area contributed by atoms with Gasteiger partial charge in [0, 0.05) is 18.0 Å². The van der Waals surface area contributed by atoms with Gasteiger partial charge < -0.3 is 5.73 Å². The molecule has 0 saturated heterocycles. The first-order chi connectivity index (χ1) is 13.2. The van der Waals surface area contributed by atoms with Crippen molar-refractivity contribution in [3.8, 4) is 11.4 Å². The third kappa shape index (κ3) is 2.62. The van der Waals surface area contributed by atoms with Crippen LogP contribution in [0.25, 0.3) is 27.9 Å². The summed E-state index contributed by atoms with van der Waals surface area (Å²) in [5.41, 5.74) is 10.6. The summed E-state index contributed by atoms with van der Waals surface area (Å²) in [6.45, 7) is 0.519. The van der Waals surface area contributed by atoms with E-state index in [1.165, 1.54) is 6.33 Å². The van der Waals surface area contributed by atoms with Crippen LogP contribution in [0, 0.1) is 3.70 Å². The number of pyridine rings is 1. The van der Waals surface area contributed by atoms with Crippen molar-refractivity contribution in [2.75, 3.05) is 5.73 Å². The molecule has 0 fully saturated rings. The lowest BCUT2D eigenvalue weighted by molar-refractivity contribution is 0.697. The van der Waals surface area contributed by atoms with Crippen molar-refractivity contribution < 1.29 is 0 Å². The normalized spacial score (nSPS) is 11.4. The van der Waals surface area contributed by atoms with Crippen molar-refractivity contribution >= 4 is 45.0 Å². The van der Waals surface area contributed by atoms with Crippen LogP contribution in [0.2, 0.25) is 0 Å². The van der Waals surface area contributed by atoms with Gasteiger partial charge in [-0.05, 0) is 52.9 Å². The number of nitrogens with two attached hydrogens (primary N) is 1. The summed E-state index contributed by atoms with van der Waals surface area (Å²) >= 11 is 2.16. The third-order valence-corrected chi connectivity index (χ3v) is 5.12. The zero-order valence-electron chi connectivity index (χ0n) is 14.0. The Balaban J connectivity index is 1.72. The van der Waals surface area contributed by atoms with E-state index in [0.717, 1.165) is 31.6 Å². The predicted octanol–water partition coefficient (Wildman–Crippen LogP) is 2.77. The van der Waals surface area contributed by atoms with Crippen molar-refractivity contribution in [2.24, 2.45) is 0 Å². The second-order valence-corrected chi connectivity index (χ2v) is 7.02. The van der Waals surface area contributed by atoms with E-state index in [1.54, 1.807) is 12.4 Å². The Hall–Kier alpha value is -3.08. The first kappa shape index (κ1) is 16.1. The number of rotatable bonds is 3.